The Labute approximate surface area is 114 Å². The van der Waals surface area contributed by atoms with Crippen LogP contribution in [0.1, 0.15) is 33.4 Å². The number of aromatic nitrogens is 1. The third-order valence-electron chi connectivity index (χ3n) is 3.48. The number of ketones is 1. The Morgan fingerprint density at radius 3 is 2.89 bits per heavy atom. The largest absolute Gasteiger partial charge is 0.469 e. The number of carbonyl (C=O) groups is 2. The summed E-state index contributed by atoms with van der Waals surface area (Å²) in [5.74, 6) is -0.450. The number of thiophene rings is 1. The SMILES string of the molecule is COC(=O)C1CCn2c(C(=O)c3cccs3)ccc21. The van der Waals surface area contributed by atoms with E-state index in [1.807, 2.05) is 28.1 Å². The summed E-state index contributed by atoms with van der Waals surface area (Å²) in [6.07, 6.45) is 0.702. The van der Waals surface area contributed by atoms with Gasteiger partial charge in [0.2, 0.25) is 5.78 Å². The van der Waals surface area contributed by atoms with Gasteiger partial charge in [-0.25, -0.2) is 0 Å². The minimum atomic E-state index is -0.241. The molecule has 3 heterocycles. The molecule has 1 atom stereocenters. The summed E-state index contributed by atoms with van der Waals surface area (Å²) >= 11 is 1.43. The quantitative estimate of drug-likeness (QED) is 0.638. The van der Waals surface area contributed by atoms with Crippen molar-refractivity contribution in [2.45, 2.75) is 18.9 Å². The van der Waals surface area contributed by atoms with Crippen LogP contribution in [0.4, 0.5) is 0 Å². The first kappa shape index (κ1) is 12.2. The van der Waals surface area contributed by atoms with Crippen LogP contribution in [0.15, 0.2) is 29.6 Å². The smallest absolute Gasteiger partial charge is 0.314 e. The minimum absolute atomic E-state index is 0.0202. The Balaban J connectivity index is 1.95. The summed E-state index contributed by atoms with van der Waals surface area (Å²) in [5, 5.41) is 1.89. The van der Waals surface area contributed by atoms with E-state index in [1.165, 1.54) is 18.4 Å². The summed E-state index contributed by atoms with van der Waals surface area (Å²) in [6, 6.07) is 7.34. The minimum Gasteiger partial charge on any atom is -0.469 e. The van der Waals surface area contributed by atoms with Crippen molar-refractivity contribution >= 4 is 23.1 Å². The molecular weight excluding hydrogens is 262 g/mol. The molecule has 5 heteroatoms. The fourth-order valence-corrected chi connectivity index (χ4v) is 3.23. The van der Waals surface area contributed by atoms with Gasteiger partial charge in [-0.15, -0.1) is 11.3 Å². The van der Waals surface area contributed by atoms with Gasteiger partial charge in [0.25, 0.3) is 0 Å². The van der Waals surface area contributed by atoms with Crippen LogP contribution in [0.2, 0.25) is 0 Å². The highest BCUT2D eigenvalue weighted by molar-refractivity contribution is 7.12. The van der Waals surface area contributed by atoms with Gasteiger partial charge in [0.15, 0.2) is 0 Å². The van der Waals surface area contributed by atoms with Gasteiger partial charge >= 0.3 is 5.97 Å². The summed E-state index contributed by atoms with van der Waals surface area (Å²) < 4.78 is 6.73. The molecule has 0 saturated heterocycles. The lowest BCUT2D eigenvalue weighted by atomic mass is 10.1. The predicted molar refractivity (Wildman–Crippen MR) is 71.6 cm³/mol. The number of esters is 1. The number of nitrogens with zero attached hydrogens (tertiary/aromatic N) is 1. The maximum absolute atomic E-state index is 12.3. The first-order chi connectivity index (χ1) is 9.22. The first-order valence-electron chi connectivity index (χ1n) is 6.08. The van der Waals surface area contributed by atoms with Crippen LogP contribution in [0, 0.1) is 0 Å². The Hall–Kier alpha value is -1.88. The monoisotopic (exact) mass is 275 g/mol. The summed E-state index contributed by atoms with van der Waals surface area (Å²) in [6.45, 7) is 0.689. The van der Waals surface area contributed by atoms with Crippen molar-refractivity contribution in [1.82, 2.24) is 4.57 Å². The Bertz CT molecular complexity index is 627. The molecule has 0 spiro atoms. The Kier molecular flexibility index (Phi) is 2.98. The van der Waals surface area contributed by atoms with Crippen LogP contribution in [0.3, 0.4) is 0 Å². The molecule has 19 heavy (non-hydrogen) atoms. The second kappa shape index (κ2) is 4.66. The van der Waals surface area contributed by atoms with E-state index in [-0.39, 0.29) is 17.7 Å². The van der Waals surface area contributed by atoms with E-state index >= 15 is 0 Å². The van der Waals surface area contributed by atoms with Gasteiger partial charge in [-0.2, -0.15) is 0 Å². The van der Waals surface area contributed by atoms with Crippen molar-refractivity contribution in [1.29, 1.82) is 0 Å². The van der Waals surface area contributed by atoms with Crippen molar-refractivity contribution in [3.63, 3.8) is 0 Å². The van der Waals surface area contributed by atoms with Crippen molar-refractivity contribution < 1.29 is 14.3 Å². The number of carbonyl (C=O) groups excluding carboxylic acids is 2. The molecule has 2 aromatic heterocycles. The highest BCUT2D eigenvalue weighted by Crippen LogP contribution is 2.32. The van der Waals surface area contributed by atoms with Gasteiger partial charge in [0.1, 0.15) is 0 Å². The van der Waals surface area contributed by atoms with Crippen LogP contribution in [-0.2, 0) is 16.1 Å². The standard InChI is InChI=1S/C14H13NO3S/c1-18-14(17)9-6-7-15-10(9)4-5-11(15)13(16)12-3-2-8-19-12/h2-5,8-9H,6-7H2,1H3. The maximum Gasteiger partial charge on any atom is 0.314 e. The van der Waals surface area contributed by atoms with Crippen LogP contribution < -0.4 is 0 Å². The van der Waals surface area contributed by atoms with Gasteiger partial charge in [0.05, 0.1) is 23.6 Å². The maximum atomic E-state index is 12.3. The summed E-state index contributed by atoms with van der Waals surface area (Å²) in [4.78, 5) is 24.7. The molecule has 1 aliphatic rings. The zero-order valence-electron chi connectivity index (χ0n) is 10.5. The van der Waals surface area contributed by atoms with E-state index < -0.39 is 0 Å². The van der Waals surface area contributed by atoms with E-state index in [2.05, 4.69) is 0 Å². The fraction of sp³-hybridized carbons (Fsp3) is 0.286. The lowest BCUT2D eigenvalue weighted by molar-refractivity contribution is -0.142. The van der Waals surface area contributed by atoms with E-state index in [9.17, 15) is 9.59 Å². The second-order valence-corrected chi connectivity index (χ2v) is 5.41. The van der Waals surface area contributed by atoms with E-state index in [4.69, 9.17) is 4.74 Å². The van der Waals surface area contributed by atoms with Gasteiger partial charge in [-0.05, 0) is 30.0 Å². The van der Waals surface area contributed by atoms with Crippen molar-refractivity contribution in [2.75, 3.05) is 7.11 Å². The normalized spacial score (nSPS) is 17.2. The molecule has 2 aromatic rings. The van der Waals surface area contributed by atoms with E-state index in [1.54, 1.807) is 6.07 Å². The van der Waals surface area contributed by atoms with Crippen LogP contribution in [0.5, 0.6) is 0 Å². The van der Waals surface area contributed by atoms with Crippen LogP contribution in [0.25, 0.3) is 0 Å². The zero-order valence-corrected chi connectivity index (χ0v) is 11.3. The van der Waals surface area contributed by atoms with Gasteiger partial charge in [0, 0.05) is 12.2 Å². The number of hydrogen-bond acceptors (Lipinski definition) is 4. The number of methoxy groups -OCH3 is 1. The third-order valence-corrected chi connectivity index (χ3v) is 4.34. The highest BCUT2D eigenvalue weighted by atomic mass is 32.1. The second-order valence-electron chi connectivity index (χ2n) is 4.47. The van der Waals surface area contributed by atoms with E-state index in [0.29, 0.717) is 18.7 Å². The van der Waals surface area contributed by atoms with Gasteiger partial charge < -0.3 is 9.30 Å². The molecule has 0 saturated carbocycles. The lowest BCUT2D eigenvalue weighted by Gasteiger charge is -2.06. The lowest BCUT2D eigenvalue weighted by Crippen LogP contribution is -2.11. The first-order valence-corrected chi connectivity index (χ1v) is 6.96. The number of hydrogen-bond donors (Lipinski definition) is 0. The number of fused-ring (bicyclic) bond motifs is 1. The molecule has 0 fully saturated rings. The average molecular weight is 275 g/mol. The average Bonchev–Trinajstić information content (AvgIpc) is 3.13. The zero-order chi connectivity index (χ0) is 13.4. The van der Waals surface area contributed by atoms with Gasteiger partial charge in [-0.3, -0.25) is 9.59 Å². The number of ether oxygens (including phenoxy) is 1. The molecule has 4 nitrogen and oxygen atoms in total. The Morgan fingerprint density at radius 1 is 1.37 bits per heavy atom. The summed E-state index contributed by atoms with van der Waals surface area (Å²) in [5.41, 5.74) is 1.54. The van der Waals surface area contributed by atoms with Crippen LogP contribution >= 0.6 is 11.3 Å². The highest BCUT2D eigenvalue weighted by Gasteiger charge is 2.32. The Morgan fingerprint density at radius 2 is 2.21 bits per heavy atom. The van der Waals surface area contributed by atoms with Gasteiger partial charge in [-0.1, -0.05) is 6.07 Å². The number of rotatable bonds is 3. The fourth-order valence-electron chi connectivity index (χ4n) is 2.56. The molecule has 1 aliphatic heterocycles. The molecule has 0 N–H and O–H groups in total. The topological polar surface area (TPSA) is 48.3 Å². The molecular formula is C14H13NO3S. The van der Waals surface area contributed by atoms with Crippen molar-refractivity contribution in [3.05, 3.63) is 45.9 Å². The molecule has 98 valence electrons. The molecule has 0 aliphatic carbocycles. The molecule has 1 unspecified atom stereocenters. The molecule has 0 aromatic carbocycles. The van der Waals surface area contributed by atoms with Crippen LogP contribution in [-0.4, -0.2) is 23.4 Å². The third kappa shape index (κ3) is 1.90. The van der Waals surface area contributed by atoms with Crippen molar-refractivity contribution in [2.24, 2.45) is 0 Å². The molecule has 0 radical (unpaired) electrons. The summed E-state index contributed by atoms with van der Waals surface area (Å²) in [7, 11) is 1.39. The molecule has 0 amide bonds. The molecule has 3 rings (SSSR count). The molecule has 0 bridgehead atoms. The predicted octanol–water partition coefficient (Wildman–Crippen LogP) is 2.44. The van der Waals surface area contributed by atoms with E-state index in [0.717, 1.165) is 10.6 Å². The van der Waals surface area contributed by atoms with Crippen molar-refractivity contribution in [3.8, 4) is 0 Å².